The largest absolute Gasteiger partial charge is 0.370 e. The second-order valence-electron chi connectivity index (χ2n) is 6.09. The van der Waals surface area contributed by atoms with Gasteiger partial charge < -0.3 is 10.6 Å². The predicted octanol–water partition coefficient (Wildman–Crippen LogP) is 2.20. The summed E-state index contributed by atoms with van der Waals surface area (Å²) >= 11 is 3.31. The zero-order chi connectivity index (χ0) is 16.9. The molecule has 1 unspecified atom stereocenters. The zero-order valence-electron chi connectivity index (χ0n) is 13.1. The first-order valence-corrected chi connectivity index (χ1v) is 10.3. The van der Waals surface area contributed by atoms with Crippen molar-refractivity contribution in [2.75, 3.05) is 25.4 Å². The van der Waals surface area contributed by atoms with E-state index in [0.29, 0.717) is 23.8 Å². The number of likely N-dealkylation sites (tertiary alicyclic amines) is 1. The second kappa shape index (κ2) is 8.26. The lowest BCUT2D eigenvalue weighted by atomic mass is 9.93. The van der Waals surface area contributed by atoms with Gasteiger partial charge in [-0.2, -0.15) is 0 Å². The molecule has 1 aliphatic heterocycles. The van der Waals surface area contributed by atoms with Crippen molar-refractivity contribution in [1.82, 2.24) is 4.90 Å². The summed E-state index contributed by atoms with van der Waals surface area (Å²) in [5.41, 5.74) is 5.20. The van der Waals surface area contributed by atoms with E-state index in [1.807, 2.05) is 0 Å². The Morgan fingerprint density at radius 2 is 2.00 bits per heavy atom. The molecular formula is C16H23BrN2O3S. The van der Waals surface area contributed by atoms with Gasteiger partial charge >= 0.3 is 0 Å². The molecule has 1 saturated heterocycles. The average molecular weight is 403 g/mol. The van der Waals surface area contributed by atoms with Crippen molar-refractivity contribution in [2.24, 2.45) is 11.7 Å². The van der Waals surface area contributed by atoms with E-state index in [9.17, 15) is 13.2 Å². The van der Waals surface area contributed by atoms with Gasteiger partial charge in [0, 0.05) is 24.0 Å². The van der Waals surface area contributed by atoms with Crippen molar-refractivity contribution in [3.8, 4) is 0 Å². The van der Waals surface area contributed by atoms with Crippen molar-refractivity contribution in [1.29, 1.82) is 0 Å². The first kappa shape index (κ1) is 18.4. The third-order valence-electron chi connectivity index (χ3n) is 4.25. The van der Waals surface area contributed by atoms with Crippen molar-refractivity contribution in [3.05, 3.63) is 28.7 Å². The van der Waals surface area contributed by atoms with Gasteiger partial charge in [-0.25, -0.2) is 8.42 Å². The molecular weight excluding hydrogens is 380 g/mol. The number of rotatable bonds is 7. The van der Waals surface area contributed by atoms with Crippen molar-refractivity contribution in [2.45, 2.75) is 30.6 Å². The number of carbonyl (C=O) groups is 1. The molecule has 0 bridgehead atoms. The molecule has 0 saturated carbocycles. The average Bonchev–Trinajstić information content (AvgIpc) is 2.52. The minimum atomic E-state index is -3.26. The lowest BCUT2D eigenvalue weighted by Gasteiger charge is -2.32. The Bertz CT molecular complexity index is 631. The Hall–Kier alpha value is -0.920. The van der Waals surface area contributed by atoms with Crippen LogP contribution < -0.4 is 5.73 Å². The summed E-state index contributed by atoms with van der Waals surface area (Å²) in [5.74, 6) is 0.295. The van der Waals surface area contributed by atoms with Gasteiger partial charge in [0.2, 0.25) is 5.91 Å². The normalized spacial score (nSPS) is 19.6. The Balaban J connectivity index is 1.87. The lowest BCUT2D eigenvalue weighted by Crippen LogP contribution is -2.38. The number of hydrogen-bond donors (Lipinski definition) is 1. The summed E-state index contributed by atoms with van der Waals surface area (Å²) in [7, 11) is -3.26. The fraction of sp³-hybridized carbons (Fsp3) is 0.562. The quantitative estimate of drug-likeness (QED) is 0.757. The maximum atomic E-state index is 12.4. The molecule has 2 N–H and O–H groups in total. The molecule has 128 valence electrons. The van der Waals surface area contributed by atoms with Gasteiger partial charge in [0.05, 0.1) is 10.6 Å². The van der Waals surface area contributed by atoms with Crippen LogP contribution in [0.2, 0.25) is 0 Å². The number of nitrogens with zero attached hydrogens (tertiary/aromatic N) is 1. The van der Waals surface area contributed by atoms with E-state index in [1.165, 1.54) is 0 Å². The highest BCUT2D eigenvalue weighted by Gasteiger charge is 2.22. The highest BCUT2D eigenvalue weighted by Crippen LogP contribution is 2.21. The van der Waals surface area contributed by atoms with Gasteiger partial charge in [0.25, 0.3) is 0 Å². The number of carbonyl (C=O) groups excluding carboxylic acids is 1. The van der Waals surface area contributed by atoms with E-state index in [2.05, 4.69) is 20.8 Å². The second-order valence-corrected chi connectivity index (χ2v) is 9.11. The van der Waals surface area contributed by atoms with Crippen LogP contribution in [0.5, 0.6) is 0 Å². The molecule has 1 aliphatic rings. The van der Waals surface area contributed by atoms with E-state index in [0.717, 1.165) is 36.8 Å². The van der Waals surface area contributed by atoms with Crippen molar-refractivity contribution in [3.63, 3.8) is 0 Å². The van der Waals surface area contributed by atoms with Crippen LogP contribution >= 0.6 is 15.9 Å². The number of piperidine rings is 1. The molecule has 0 aromatic heterocycles. The van der Waals surface area contributed by atoms with Gasteiger partial charge in [-0.1, -0.05) is 15.9 Å². The molecule has 1 fully saturated rings. The monoisotopic (exact) mass is 402 g/mol. The molecule has 1 amide bonds. The van der Waals surface area contributed by atoms with Crippen molar-refractivity contribution >= 4 is 31.7 Å². The van der Waals surface area contributed by atoms with Gasteiger partial charge in [-0.15, -0.1) is 0 Å². The maximum absolute atomic E-state index is 12.4. The highest BCUT2D eigenvalue weighted by atomic mass is 79.9. The van der Waals surface area contributed by atoms with Gasteiger partial charge in [0.15, 0.2) is 9.84 Å². The van der Waals surface area contributed by atoms with Gasteiger partial charge in [0.1, 0.15) is 0 Å². The minimum Gasteiger partial charge on any atom is -0.370 e. The topological polar surface area (TPSA) is 80.5 Å². The van der Waals surface area contributed by atoms with Crippen LogP contribution in [0, 0.1) is 5.92 Å². The predicted molar refractivity (Wildman–Crippen MR) is 93.8 cm³/mol. The molecule has 23 heavy (non-hydrogen) atoms. The molecule has 1 aromatic rings. The molecule has 1 heterocycles. The first-order chi connectivity index (χ1) is 10.9. The van der Waals surface area contributed by atoms with E-state index in [4.69, 9.17) is 5.73 Å². The number of halogens is 1. The molecule has 1 aromatic carbocycles. The summed E-state index contributed by atoms with van der Waals surface area (Å²) < 4.78 is 25.6. The maximum Gasteiger partial charge on any atom is 0.217 e. The summed E-state index contributed by atoms with van der Waals surface area (Å²) in [6.07, 6.45) is 3.34. The highest BCUT2D eigenvalue weighted by molar-refractivity contribution is 9.10. The van der Waals surface area contributed by atoms with Crippen LogP contribution in [0.4, 0.5) is 0 Å². The van der Waals surface area contributed by atoms with Crippen LogP contribution in [0.15, 0.2) is 33.6 Å². The third kappa shape index (κ3) is 5.90. The lowest BCUT2D eigenvalue weighted by molar-refractivity contribution is -0.118. The molecule has 0 radical (unpaired) electrons. The van der Waals surface area contributed by atoms with Gasteiger partial charge in [-0.05, 0) is 56.0 Å². The van der Waals surface area contributed by atoms with Crippen LogP contribution in [0.1, 0.15) is 25.7 Å². The van der Waals surface area contributed by atoms with E-state index >= 15 is 0 Å². The van der Waals surface area contributed by atoms with Crippen molar-refractivity contribution < 1.29 is 13.2 Å². The zero-order valence-corrected chi connectivity index (χ0v) is 15.5. The van der Waals surface area contributed by atoms with Crippen LogP contribution in [0.25, 0.3) is 0 Å². The molecule has 2 rings (SSSR count). The first-order valence-electron chi connectivity index (χ1n) is 7.86. The summed E-state index contributed by atoms with van der Waals surface area (Å²) in [4.78, 5) is 13.4. The number of hydrogen-bond acceptors (Lipinski definition) is 4. The number of nitrogens with two attached hydrogens (primary N) is 1. The smallest absolute Gasteiger partial charge is 0.217 e. The summed E-state index contributed by atoms with van der Waals surface area (Å²) in [5, 5.41) is 0. The van der Waals surface area contributed by atoms with Gasteiger partial charge in [-0.3, -0.25) is 4.79 Å². The fourth-order valence-corrected chi connectivity index (χ4v) is 4.49. The molecule has 5 nitrogen and oxygen atoms in total. The molecule has 0 spiro atoms. The van der Waals surface area contributed by atoms with Crippen LogP contribution in [0.3, 0.4) is 0 Å². The minimum absolute atomic E-state index is 0.122. The Morgan fingerprint density at radius 3 is 2.65 bits per heavy atom. The van der Waals surface area contributed by atoms with E-state index < -0.39 is 9.84 Å². The summed E-state index contributed by atoms with van der Waals surface area (Å²) in [6, 6.07) is 6.75. The number of primary amides is 1. The Kier molecular flexibility index (Phi) is 6.61. The van der Waals surface area contributed by atoms with E-state index in [1.54, 1.807) is 24.3 Å². The molecule has 7 heteroatoms. The number of sulfone groups is 1. The summed E-state index contributed by atoms with van der Waals surface area (Å²) in [6.45, 7) is 2.30. The standard InChI is InChI=1S/C16H23BrN2O3S/c17-14-4-6-15(7-5-14)23(21,22)11-10-19-9-1-2-13(12-19)3-8-16(18)20/h4-7,13H,1-3,8-12H2,(H2,18,20). The fourth-order valence-electron chi connectivity index (χ4n) is 2.95. The number of amides is 1. The Morgan fingerprint density at radius 1 is 1.30 bits per heavy atom. The third-order valence-corrected chi connectivity index (χ3v) is 6.49. The van der Waals surface area contributed by atoms with E-state index in [-0.39, 0.29) is 11.7 Å². The SMILES string of the molecule is NC(=O)CCC1CCCN(CCS(=O)(=O)c2ccc(Br)cc2)C1. The Labute approximate surface area is 146 Å². The van der Waals surface area contributed by atoms with Crippen LogP contribution in [-0.2, 0) is 14.6 Å². The molecule has 0 aliphatic carbocycles. The van der Waals surface area contributed by atoms with Crippen LogP contribution in [-0.4, -0.2) is 44.6 Å². The molecule has 1 atom stereocenters. The number of benzene rings is 1.